The molecule has 1 amide bonds. The highest BCUT2D eigenvalue weighted by Gasteiger charge is 2.20. The number of aromatic nitrogens is 3. The minimum absolute atomic E-state index is 0.264. The van der Waals surface area contributed by atoms with Crippen LogP contribution in [0.4, 0.5) is 11.6 Å². The third kappa shape index (κ3) is 2.33. The van der Waals surface area contributed by atoms with Crippen LogP contribution >= 0.6 is 11.3 Å². The summed E-state index contributed by atoms with van der Waals surface area (Å²) in [5, 5.41) is 7.06. The maximum absolute atomic E-state index is 12.3. The van der Waals surface area contributed by atoms with Gasteiger partial charge in [0.15, 0.2) is 12.3 Å². The summed E-state index contributed by atoms with van der Waals surface area (Å²) in [6.45, 7) is 3.89. The number of nitrogens with two attached hydrogens (primary N) is 1. The molecule has 21 heavy (non-hydrogen) atoms. The van der Waals surface area contributed by atoms with Gasteiger partial charge in [-0.25, -0.2) is 4.98 Å². The summed E-state index contributed by atoms with van der Waals surface area (Å²) in [7, 11) is 1.70. The number of fused-ring (bicyclic) bond motifs is 1. The molecule has 3 aromatic heterocycles. The fourth-order valence-corrected chi connectivity index (χ4v) is 2.96. The van der Waals surface area contributed by atoms with Gasteiger partial charge in [0, 0.05) is 11.1 Å². The van der Waals surface area contributed by atoms with E-state index >= 15 is 0 Å². The second-order valence-corrected chi connectivity index (χ2v) is 5.78. The molecule has 0 saturated carbocycles. The van der Waals surface area contributed by atoms with Crippen molar-refractivity contribution in [3.63, 3.8) is 0 Å². The van der Waals surface area contributed by atoms with E-state index in [1.54, 1.807) is 13.2 Å². The van der Waals surface area contributed by atoms with Crippen LogP contribution in [0.25, 0.3) is 10.2 Å². The number of hydrogen-bond donors (Lipinski definition) is 2. The lowest BCUT2D eigenvalue weighted by atomic mass is 10.1. The smallest absolute Gasteiger partial charge is 0.302 e. The van der Waals surface area contributed by atoms with E-state index in [0.29, 0.717) is 10.6 Å². The zero-order valence-corrected chi connectivity index (χ0v) is 12.6. The third-order valence-corrected chi connectivity index (χ3v) is 4.29. The molecule has 0 radical (unpaired) electrons. The predicted octanol–water partition coefficient (Wildman–Crippen LogP) is 1.56. The van der Waals surface area contributed by atoms with Gasteiger partial charge in [-0.05, 0) is 25.5 Å². The van der Waals surface area contributed by atoms with Crippen LogP contribution in [0.15, 0.2) is 16.8 Å². The van der Waals surface area contributed by atoms with Gasteiger partial charge in [0.25, 0.3) is 12.1 Å². The Morgan fingerprint density at radius 1 is 1.48 bits per heavy atom. The van der Waals surface area contributed by atoms with Crippen LogP contribution in [0.2, 0.25) is 0 Å². The number of nitrogens with one attached hydrogen (secondary N) is 1. The molecular weight excluding hydrogens is 290 g/mol. The van der Waals surface area contributed by atoms with E-state index < -0.39 is 0 Å². The average Bonchev–Trinajstić information content (AvgIpc) is 2.96. The zero-order chi connectivity index (χ0) is 15.1. The molecule has 0 spiro atoms. The van der Waals surface area contributed by atoms with E-state index in [9.17, 15) is 4.79 Å². The number of anilines is 2. The van der Waals surface area contributed by atoms with Crippen molar-refractivity contribution in [3.8, 4) is 0 Å². The Bertz CT molecular complexity index is 852. The Balaban J connectivity index is 2.00. The van der Waals surface area contributed by atoms with E-state index in [1.165, 1.54) is 16.0 Å². The van der Waals surface area contributed by atoms with Crippen LogP contribution in [-0.2, 0) is 7.05 Å². The van der Waals surface area contributed by atoms with Gasteiger partial charge in [-0.3, -0.25) is 14.6 Å². The zero-order valence-electron chi connectivity index (χ0n) is 11.8. The molecule has 0 unspecified atom stereocenters. The summed E-state index contributed by atoms with van der Waals surface area (Å²) < 4.78 is 6.39. The van der Waals surface area contributed by atoms with E-state index in [-0.39, 0.29) is 11.8 Å². The topological polar surface area (TPSA) is 97.9 Å². The molecule has 0 aliphatic heterocycles. The first-order chi connectivity index (χ1) is 9.95. The van der Waals surface area contributed by atoms with Crippen molar-refractivity contribution in [2.24, 2.45) is 7.05 Å². The number of nitrogens with zero attached hydrogens (tertiary/aromatic N) is 3. The summed E-state index contributed by atoms with van der Waals surface area (Å²) in [4.78, 5) is 17.9. The normalized spacial score (nSPS) is 11.0. The van der Waals surface area contributed by atoms with Crippen LogP contribution in [0.3, 0.4) is 0 Å². The number of carbonyl (C=O) groups excluding carboxylic acids is 1. The van der Waals surface area contributed by atoms with Gasteiger partial charge in [-0.1, -0.05) is 4.68 Å². The Morgan fingerprint density at radius 2 is 2.24 bits per heavy atom. The first-order valence-electron chi connectivity index (χ1n) is 6.26. The predicted molar refractivity (Wildman–Crippen MR) is 79.1 cm³/mol. The van der Waals surface area contributed by atoms with Crippen molar-refractivity contribution in [2.45, 2.75) is 13.8 Å². The second-order valence-electron chi connectivity index (χ2n) is 4.78. The number of thiophene rings is 1. The standard InChI is InChI=1S/C13H13N5O2S/c1-6-4-8-10(14)11(21-13(8)15-7(6)2)12(19)16-9-5-18(3)17-20-9/h4-5H,1-3H3,(H2-,14,16,17,19)/p+1. The van der Waals surface area contributed by atoms with Crippen LogP contribution in [0.5, 0.6) is 0 Å². The fraction of sp³-hybridized carbons (Fsp3) is 0.231. The SMILES string of the molecule is Cc1cc2c(N)c(C(=O)Nc3c[n+](C)no3)sc2nc1C. The van der Waals surface area contributed by atoms with Gasteiger partial charge in [0.05, 0.1) is 5.69 Å². The Labute approximate surface area is 124 Å². The minimum atomic E-state index is -0.331. The molecular formula is C13H14N5O2S+. The van der Waals surface area contributed by atoms with E-state index in [4.69, 9.17) is 10.3 Å². The maximum atomic E-state index is 12.3. The molecule has 0 aromatic carbocycles. The summed E-state index contributed by atoms with van der Waals surface area (Å²) in [5.41, 5.74) is 8.48. The van der Waals surface area contributed by atoms with E-state index in [2.05, 4.69) is 15.6 Å². The molecule has 8 heteroatoms. The molecule has 0 atom stereocenters. The van der Waals surface area contributed by atoms with Gasteiger partial charge < -0.3 is 5.73 Å². The van der Waals surface area contributed by atoms with Gasteiger partial charge in [-0.15, -0.1) is 11.3 Å². The summed E-state index contributed by atoms with van der Waals surface area (Å²) in [6, 6.07) is 1.95. The van der Waals surface area contributed by atoms with Crippen LogP contribution in [0, 0.1) is 13.8 Å². The molecule has 0 saturated heterocycles. The number of carbonyl (C=O) groups is 1. The number of aryl methyl sites for hydroxylation is 3. The van der Waals surface area contributed by atoms with Gasteiger partial charge in [0.1, 0.15) is 9.71 Å². The lowest BCUT2D eigenvalue weighted by molar-refractivity contribution is -0.739. The molecule has 7 nitrogen and oxygen atoms in total. The van der Waals surface area contributed by atoms with Crippen molar-refractivity contribution >= 4 is 39.0 Å². The van der Waals surface area contributed by atoms with Gasteiger partial charge in [-0.2, -0.15) is 0 Å². The van der Waals surface area contributed by atoms with Crippen molar-refractivity contribution in [1.29, 1.82) is 0 Å². The number of pyridine rings is 1. The summed E-state index contributed by atoms with van der Waals surface area (Å²) >= 11 is 1.26. The van der Waals surface area contributed by atoms with E-state index in [0.717, 1.165) is 21.5 Å². The Kier molecular flexibility index (Phi) is 3.09. The highest BCUT2D eigenvalue weighted by molar-refractivity contribution is 7.21. The molecule has 0 bridgehead atoms. The Hall–Kier alpha value is -2.48. The van der Waals surface area contributed by atoms with Crippen molar-refractivity contribution in [2.75, 3.05) is 11.1 Å². The second kappa shape index (κ2) is 4.81. The first kappa shape index (κ1) is 13.5. The van der Waals surface area contributed by atoms with Gasteiger partial charge in [0.2, 0.25) is 0 Å². The number of amides is 1. The lowest BCUT2D eigenvalue weighted by Crippen LogP contribution is -2.28. The molecule has 3 heterocycles. The molecule has 3 N–H and O–H groups in total. The van der Waals surface area contributed by atoms with Crippen molar-refractivity contribution in [3.05, 3.63) is 28.4 Å². The highest BCUT2D eigenvalue weighted by atomic mass is 32.1. The van der Waals surface area contributed by atoms with Crippen LogP contribution in [0.1, 0.15) is 20.9 Å². The first-order valence-corrected chi connectivity index (χ1v) is 7.07. The minimum Gasteiger partial charge on any atom is -0.397 e. The average molecular weight is 304 g/mol. The number of hydrogen-bond acceptors (Lipinski definition) is 6. The summed E-state index contributed by atoms with van der Waals surface area (Å²) in [6.07, 6.45) is 1.56. The number of rotatable bonds is 2. The van der Waals surface area contributed by atoms with Crippen LogP contribution < -0.4 is 15.7 Å². The largest absolute Gasteiger partial charge is 0.397 e. The molecule has 108 valence electrons. The fourth-order valence-electron chi connectivity index (χ4n) is 1.95. The molecule has 3 rings (SSSR count). The molecule has 0 aliphatic rings. The Morgan fingerprint density at radius 3 is 2.90 bits per heavy atom. The van der Waals surface area contributed by atoms with E-state index in [1.807, 2.05) is 19.9 Å². The van der Waals surface area contributed by atoms with Crippen LogP contribution in [-0.4, -0.2) is 16.2 Å². The van der Waals surface area contributed by atoms with Crippen molar-refractivity contribution < 1.29 is 14.0 Å². The third-order valence-electron chi connectivity index (χ3n) is 3.18. The summed E-state index contributed by atoms with van der Waals surface area (Å²) in [5.74, 6) is -0.0674. The monoisotopic (exact) mass is 304 g/mol. The molecule has 0 fully saturated rings. The maximum Gasteiger partial charge on any atom is 0.302 e. The molecule has 0 aliphatic carbocycles. The van der Waals surface area contributed by atoms with Crippen molar-refractivity contribution in [1.82, 2.24) is 10.3 Å². The van der Waals surface area contributed by atoms with Gasteiger partial charge >= 0.3 is 5.88 Å². The lowest BCUT2D eigenvalue weighted by Gasteiger charge is -1.99. The molecule has 3 aromatic rings. The number of nitrogen functional groups attached to an aromatic ring is 1. The quantitative estimate of drug-likeness (QED) is 0.700. The highest BCUT2D eigenvalue weighted by Crippen LogP contribution is 2.33.